The maximum Gasteiger partial charge on any atom is 0.133 e. The molecular weight excluding hydrogens is 260 g/mol. The summed E-state index contributed by atoms with van der Waals surface area (Å²) in [5.74, 6) is 0.173. The Balaban J connectivity index is 3.12. The van der Waals surface area contributed by atoms with E-state index in [2.05, 4.69) is 43.7 Å². The van der Waals surface area contributed by atoms with Crippen LogP contribution in [0.25, 0.3) is 0 Å². The van der Waals surface area contributed by atoms with Gasteiger partial charge in [-0.25, -0.2) is 0 Å². The quantitative estimate of drug-likeness (QED) is 0.769. The van der Waals surface area contributed by atoms with Gasteiger partial charge in [-0.15, -0.1) is 0 Å². The van der Waals surface area contributed by atoms with Crippen molar-refractivity contribution in [3.8, 4) is 0 Å². The Bertz CT molecular complexity index is 563. The summed E-state index contributed by atoms with van der Waals surface area (Å²) in [5, 5.41) is 0. The Morgan fingerprint density at radius 2 is 2.05 bits per heavy atom. The summed E-state index contributed by atoms with van der Waals surface area (Å²) in [7, 11) is 1.80. The van der Waals surface area contributed by atoms with Gasteiger partial charge in [-0.3, -0.25) is 14.8 Å². The maximum absolute atomic E-state index is 11.6. The largest absolute Gasteiger partial charge is 0.300 e. The predicted octanol–water partition coefficient (Wildman–Crippen LogP) is 3.95. The van der Waals surface area contributed by atoms with E-state index < -0.39 is 0 Å². The highest BCUT2D eigenvalue weighted by atomic mass is 16.1. The van der Waals surface area contributed by atoms with Crippen LogP contribution in [0.3, 0.4) is 0 Å². The lowest BCUT2D eigenvalue weighted by Crippen LogP contribution is -2.19. The Hall–Kier alpha value is -1.77. The van der Waals surface area contributed by atoms with Gasteiger partial charge in [0, 0.05) is 37.0 Å². The van der Waals surface area contributed by atoms with Crippen LogP contribution >= 0.6 is 0 Å². The van der Waals surface area contributed by atoms with Gasteiger partial charge in [-0.05, 0) is 43.5 Å². The minimum Gasteiger partial charge on any atom is -0.300 e. The number of rotatable bonds is 5. The smallest absolute Gasteiger partial charge is 0.133 e. The fraction of sp³-hybridized carbons (Fsp3) is 0.500. The van der Waals surface area contributed by atoms with Crippen LogP contribution in [0.1, 0.15) is 45.2 Å². The number of carbonyl (C=O) groups is 1. The zero-order chi connectivity index (χ0) is 16.0. The number of pyridine rings is 1. The standard InChI is InChI=1S/C18H26N2O/c1-13-7-8-20-12-16(13)10-15(9-14(2)21)11-17(19-6)18(3,4)5/h7-8,11-12H,9-10H2,1-6H3/b15-11-,19-17+. The molecule has 0 aromatic carbocycles. The zero-order valence-corrected chi connectivity index (χ0v) is 14.0. The van der Waals surface area contributed by atoms with Crippen LogP contribution in [0.4, 0.5) is 0 Å². The molecule has 0 aliphatic carbocycles. The molecule has 0 saturated carbocycles. The highest BCUT2D eigenvalue weighted by Crippen LogP contribution is 2.21. The Morgan fingerprint density at radius 3 is 2.52 bits per heavy atom. The first kappa shape index (κ1) is 17.3. The van der Waals surface area contributed by atoms with Crippen molar-refractivity contribution in [3.05, 3.63) is 41.2 Å². The molecule has 0 unspecified atom stereocenters. The molecule has 1 aromatic rings. The van der Waals surface area contributed by atoms with Crippen molar-refractivity contribution in [1.82, 2.24) is 4.98 Å². The molecule has 1 rings (SSSR count). The molecule has 3 nitrogen and oxygen atoms in total. The van der Waals surface area contributed by atoms with E-state index in [-0.39, 0.29) is 11.2 Å². The van der Waals surface area contributed by atoms with Crippen molar-refractivity contribution in [2.24, 2.45) is 10.4 Å². The van der Waals surface area contributed by atoms with E-state index in [4.69, 9.17) is 0 Å². The van der Waals surface area contributed by atoms with Gasteiger partial charge in [0.15, 0.2) is 0 Å². The first-order chi connectivity index (χ1) is 9.74. The van der Waals surface area contributed by atoms with Gasteiger partial charge in [-0.1, -0.05) is 26.3 Å². The number of hydrogen-bond acceptors (Lipinski definition) is 3. The number of allylic oxidation sites excluding steroid dienone is 2. The van der Waals surface area contributed by atoms with E-state index >= 15 is 0 Å². The first-order valence-electron chi connectivity index (χ1n) is 7.29. The Labute approximate surface area is 128 Å². The fourth-order valence-electron chi connectivity index (χ4n) is 2.22. The van der Waals surface area contributed by atoms with Crippen molar-refractivity contribution in [2.75, 3.05) is 7.05 Å². The molecule has 1 aromatic heterocycles. The Kier molecular flexibility index (Phi) is 6.01. The number of hydrogen-bond donors (Lipinski definition) is 0. The molecule has 0 N–H and O–H groups in total. The fourth-order valence-corrected chi connectivity index (χ4v) is 2.22. The molecular formula is C18H26N2O. The summed E-state index contributed by atoms with van der Waals surface area (Å²) in [6.07, 6.45) is 6.95. The topological polar surface area (TPSA) is 42.3 Å². The van der Waals surface area contributed by atoms with Gasteiger partial charge in [0.1, 0.15) is 5.78 Å². The molecule has 1 heterocycles. The van der Waals surface area contributed by atoms with Crippen molar-refractivity contribution in [1.29, 1.82) is 0 Å². The van der Waals surface area contributed by atoms with Crippen LogP contribution in [0.2, 0.25) is 0 Å². The van der Waals surface area contributed by atoms with E-state index in [1.807, 2.05) is 12.3 Å². The van der Waals surface area contributed by atoms with Crippen LogP contribution in [-0.4, -0.2) is 23.5 Å². The molecule has 0 saturated heterocycles. The second-order valence-electron chi connectivity index (χ2n) is 6.52. The van der Waals surface area contributed by atoms with Crippen LogP contribution in [-0.2, 0) is 11.2 Å². The highest BCUT2D eigenvalue weighted by molar-refractivity contribution is 6.00. The molecule has 0 atom stereocenters. The summed E-state index contributed by atoms with van der Waals surface area (Å²) in [6.45, 7) is 10.1. The van der Waals surface area contributed by atoms with E-state index in [0.29, 0.717) is 6.42 Å². The molecule has 114 valence electrons. The van der Waals surface area contributed by atoms with Gasteiger partial charge in [0.05, 0.1) is 0 Å². The molecule has 0 spiro atoms. The van der Waals surface area contributed by atoms with E-state index in [0.717, 1.165) is 23.3 Å². The monoisotopic (exact) mass is 286 g/mol. The predicted molar refractivity (Wildman–Crippen MR) is 88.9 cm³/mol. The molecule has 0 amide bonds. The second kappa shape index (κ2) is 7.30. The lowest BCUT2D eigenvalue weighted by Gasteiger charge is -2.20. The van der Waals surface area contributed by atoms with E-state index in [1.165, 1.54) is 5.56 Å². The SMILES string of the molecule is C/N=C(\C=C(\CC(C)=O)Cc1cnccc1C)C(C)(C)C. The number of aliphatic imine (C=N–C) groups is 1. The maximum atomic E-state index is 11.6. The highest BCUT2D eigenvalue weighted by Gasteiger charge is 2.17. The molecule has 0 fully saturated rings. The zero-order valence-electron chi connectivity index (χ0n) is 14.0. The minimum atomic E-state index is -0.0270. The van der Waals surface area contributed by atoms with Crippen LogP contribution in [0.5, 0.6) is 0 Å². The van der Waals surface area contributed by atoms with Gasteiger partial charge in [0.25, 0.3) is 0 Å². The van der Waals surface area contributed by atoms with Crippen molar-refractivity contribution in [3.63, 3.8) is 0 Å². The van der Waals surface area contributed by atoms with Gasteiger partial charge >= 0.3 is 0 Å². The van der Waals surface area contributed by atoms with Crippen LogP contribution in [0.15, 0.2) is 35.1 Å². The summed E-state index contributed by atoms with van der Waals surface area (Å²) in [6, 6.07) is 2.00. The summed E-state index contributed by atoms with van der Waals surface area (Å²) >= 11 is 0. The molecule has 0 bridgehead atoms. The average Bonchev–Trinajstić information content (AvgIpc) is 2.36. The van der Waals surface area contributed by atoms with E-state index in [9.17, 15) is 4.79 Å². The first-order valence-corrected chi connectivity index (χ1v) is 7.29. The lowest BCUT2D eigenvalue weighted by molar-refractivity contribution is -0.116. The third-order valence-corrected chi connectivity index (χ3v) is 3.39. The molecule has 3 heteroatoms. The summed E-state index contributed by atoms with van der Waals surface area (Å²) < 4.78 is 0. The second-order valence-corrected chi connectivity index (χ2v) is 6.52. The summed E-state index contributed by atoms with van der Waals surface area (Å²) in [4.78, 5) is 20.1. The van der Waals surface area contributed by atoms with Crippen molar-refractivity contribution < 1.29 is 4.79 Å². The number of ketones is 1. The number of Topliss-reactive ketones (excluding diaryl/α,β-unsaturated/α-hetero) is 1. The van der Waals surface area contributed by atoms with Crippen LogP contribution < -0.4 is 0 Å². The third kappa shape index (κ3) is 5.62. The van der Waals surface area contributed by atoms with Crippen molar-refractivity contribution in [2.45, 2.75) is 47.5 Å². The average molecular weight is 286 g/mol. The van der Waals surface area contributed by atoms with Crippen molar-refractivity contribution >= 4 is 11.5 Å². The molecule has 0 aliphatic rings. The minimum absolute atomic E-state index is 0.0270. The van der Waals surface area contributed by atoms with E-state index in [1.54, 1.807) is 20.2 Å². The molecule has 21 heavy (non-hydrogen) atoms. The molecule has 0 aliphatic heterocycles. The van der Waals surface area contributed by atoms with Gasteiger partial charge in [0.2, 0.25) is 0 Å². The molecule has 0 radical (unpaired) electrons. The number of nitrogens with zero attached hydrogens (tertiary/aromatic N) is 2. The number of aromatic nitrogens is 1. The lowest BCUT2D eigenvalue weighted by atomic mass is 9.87. The number of aryl methyl sites for hydroxylation is 1. The van der Waals surface area contributed by atoms with Crippen LogP contribution in [0, 0.1) is 12.3 Å². The van der Waals surface area contributed by atoms with Gasteiger partial charge in [-0.2, -0.15) is 0 Å². The third-order valence-electron chi connectivity index (χ3n) is 3.39. The summed E-state index contributed by atoms with van der Waals surface area (Å²) in [5.41, 5.74) is 4.44. The van der Waals surface area contributed by atoms with Gasteiger partial charge < -0.3 is 0 Å². The normalized spacial score (nSPS) is 13.4. The Morgan fingerprint density at radius 1 is 1.38 bits per heavy atom. The number of carbonyl (C=O) groups excluding carboxylic acids is 1.